The number of aliphatic hydroxyl groups excluding tert-OH is 1. The highest BCUT2D eigenvalue weighted by Crippen LogP contribution is 2.28. The van der Waals surface area contributed by atoms with Gasteiger partial charge in [0.05, 0.1) is 6.54 Å². The fourth-order valence-electron chi connectivity index (χ4n) is 2.01. The van der Waals surface area contributed by atoms with Crippen molar-refractivity contribution in [3.05, 3.63) is 28.2 Å². The molecule has 132 valence electrons. The van der Waals surface area contributed by atoms with E-state index in [2.05, 4.69) is 9.97 Å². The van der Waals surface area contributed by atoms with E-state index in [4.69, 9.17) is 5.73 Å². The van der Waals surface area contributed by atoms with Crippen LogP contribution in [0.4, 0.5) is 5.82 Å². The number of nitrogen functional groups attached to an aromatic ring is 1. The van der Waals surface area contributed by atoms with Crippen molar-refractivity contribution in [2.24, 2.45) is 0 Å². The van der Waals surface area contributed by atoms with E-state index in [9.17, 15) is 14.7 Å². The molecule has 1 rings (SSSR count). The van der Waals surface area contributed by atoms with Crippen LogP contribution in [0.3, 0.4) is 0 Å². The van der Waals surface area contributed by atoms with E-state index in [1.165, 1.54) is 4.90 Å². The van der Waals surface area contributed by atoms with Gasteiger partial charge in [-0.1, -0.05) is 18.7 Å². The topological polar surface area (TPSA) is 109 Å². The SMILES string of the molecule is CCCC(=O)SC(CCO)=C(C)N(C=O)Cc1cnc(C)nc1N. The molecule has 0 atom stereocenters. The Bertz CT molecular complexity index is 619. The molecule has 0 spiro atoms. The van der Waals surface area contributed by atoms with Crippen LogP contribution in [0.15, 0.2) is 16.8 Å². The average molecular weight is 352 g/mol. The van der Waals surface area contributed by atoms with Crippen LogP contribution >= 0.6 is 11.8 Å². The van der Waals surface area contributed by atoms with Gasteiger partial charge < -0.3 is 15.7 Å². The molecule has 0 radical (unpaired) electrons. The van der Waals surface area contributed by atoms with Crippen molar-refractivity contribution in [1.82, 2.24) is 14.9 Å². The molecule has 1 aromatic heterocycles. The lowest BCUT2D eigenvalue weighted by Crippen LogP contribution is -2.22. The fourth-order valence-corrected chi connectivity index (χ4v) is 3.05. The smallest absolute Gasteiger partial charge is 0.214 e. The summed E-state index contributed by atoms with van der Waals surface area (Å²) in [4.78, 5) is 33.7. The second kappa shape index (κ2) is 10.0. The van der Waals surface area contributed by atoms with Crippen molar-refractivity contribution in [3.8, 4) is 0 Å². The highest BCUT2D eigenvalue weighted by atomic mass is 32.2. The Hall–Kier alpha value is -1.93. The predicted molar refractivity (Wildman–Crippen MR) is 94.7 cm³/mol. The molecule has 1 heterocycles. The van der Waals surface area contributed by atoms with Crippen LogP contribution in [0.25, 0.3) is 0 Å². The summed E-state index contributed by atoms with van der Waals surface area (Å²) in [6.45, 7) is 5.52. The Morgan fingerprint density at radius 3 is 2.71 bits per heavy atom. The molecule has 0 bridgehead atoms. The summed E-state index contributed by atoms with van der Waals surface area (Å²) in [6.07, 6.45) is 3.79. The van der Waals surface area contributed by atoms with Crippen LogP contribution < -0.4 is 5.73 Å². The van der Waals surface area contributed by atoms with E-state index in [-0.39, 0.29) is 18.3 Å². The van der Waals surface area contributed by atoms with E-state index in [1.54, 1.807) is 20.0 Å². The predicted octanol–water partition coefficient (Wildman–Crippen LogP) is 2.00. The summed E-state index contributed by atoms with van der Waals surface area (Å²) < 4.78 is 0. The lowest BCUT2D eigenvalue weighted by atomic mass is 10.2. The highest BCUT2D eigenvalue weighted by Gasteiger charge is 2.16. The quantitative estimate of drug-likeness (QED) is 0.654. The summed E-state index contributed by atoms with van der Waals surface area (Å²) >= 11 is 1.08. The summed E-state index contributed by atoms with van der Waals surface area (Å²) in [6, 6.07) is 0. The lowest BCUT2D eigenvalue weighted by Gasteiger charge is -2.22. The maximum Gasteiger partial charge on any atom is 0.214 e. The van der Waals surface area contributed by atoms with Gasteiger partial charge in [0.15, 0.2) is 5.12 Å². The van der Waals surface area contributed by atoms with Crippen molar-refractivity contribution in [2.45, 2.75) is 46.6 Å². The number of allylic oxidation sites excluding steroid dienone is 1. The number of aromatic nitrogens is 2. The summed E-state index contributed by atoms with van der Waals surface area (Å²) in [5.74, 6) is 0.878. The zero-order valence-corrected chi connectivity index (χ0v) is 15.1. The first-order valence-corrected chi connectivity index (χ1v) is 8.55. The van der Waals surface area contributed by atoms with Crippen LogP contribution in [-0.2, 0) is 16.1 Å². The first-order valence-electron chi connectivity index (χ1n) is 7.74. The Morgan fingerprint density at radius 2 is 2.17 bits per heavy atom. The Balaban J connectivity index is 3.03. The highest BCUT2D eigenvalue weighted by molar-refractivity contribution is 8.16. The van der Waals surface area contributed by atoms with E-state index in [0.29, 0.717) is 47.1 Å². The molecule has 0 aliphatic heterocycles. The van der Waals surface area contributed by atoms with Gasteiger partial charge in [-0.2, -0.15) is 0 Å². The molecule has 0 saturated heterocycles. The van der Waals surface area contributed by atoms with Crippen molar-refractivity contribution < 1.29 is 14.7 Å². The minimum absolute atomic E-state index is 0.0179. The fraction of sp³-hybridized carbons (Fsp3) is 0.500. The second-order valence-electron chi connectivity index (χ2n) is 5.27. The minimum atomic E-state index is -0.0957. The second-order valence-corrected chi connectivity index (χ2v) is 6.42. The monoisotopic (exact) mass is 352 g/mol. The average Bonchev–Trinajstić information content (AvgIpc) is 2.53. The Kier molecular flexibility index (Phi) is 8.42. The van der Waals surface area contributed by atoms with E-state index >= 15 is 0 Å². The van der Waals surface area contributed by atoms with Crippen molar-refractivity contribution >= 4 is 29.1 Å². The van der Waals surface area contributed by atoms with Gasteiger partial charge >= 0.3 is 0 Å². The van der Waals surface area contributed by atoms with E-state index in [0.717, 1.165) is 18.2 Å². The number of hydrogen-bond donors (Lipinski definition) is 2. The zero-order chi connectivity index (χ0) is 18.1. The first kappa shape index (κ1) is 20.1. The van der Waals surface area contributed by atoms with E-state index < -0.39 is 0 Å². The number of aliphatic hydroxyl groups is 1. The Morgan fingerprint density at radius 1 is 1.46 bits per heavy atom. The minimum Gasteiger partial charge on any atom is -0.396 e. The van der Waals surface area contributed by atoms with Crippen LogP contribution in [0, 0.1) is 6.92 Å². The number of nitrogens with zero attached hydrogens (tertiary/aromatic N) is 3. The van der Waals surface area contributed by atoms with Gasteiger partial charge in [0.25, 0.3) is 0 Å². The molecule has 7 nitrogen and oxygen atoms in total. The number of anilines is 1. The van der Waals surface area contributed by atoms with Gasteiger partial charge in [-0.3, -0.25) is 9.59 Å². The Labute approximate surface area is 146 Å². The number of hydrogen-bond acceptors (Lipinski definition) is 7. The van der Waals surface area contributed by atoms with Gasteiger partial charge in [0.2, 0.25) is 6.41 Å². The molecule has 0 aliphatic carbocycles. The van der Waals surface area contributed by atoms with Crippen molar-refractivity contribution in [1.29, 1.82) is 0 Å². The molecule has 0 aliphatic rings. The molecule has 0 saturated carbocycles. The van der Waals surface area contributed by atoms with Gasteiger partial charge in [0.1, 0.15) is 11.6 Å². The molecular weight excluding hydrogens is 328 g/mol. The van der Waals surface area contributed by atoms with Crippen LogP contribution in [0.2, 0.25) is 0 Å². The molecule has 0 unspecified atom stereocenters. The van der Waals surface area contributed by atoms with Gasteiger partial charge in [-0.05, 0) is 20.3 Å². The standard InChI is InChI=1S/C16H24N4O3S/c1-4-5-15(23)24-14(6-7-21)11(2)20(10-22)9-13-8-18-12(3)19-16(13)17/h8,10,21H,4-7,9H2,1-3H3,(H2,17,18,19). The molecule has 1 amide bonds. The summed E-state index contributed by atoms with van der Waals surface area (Å²) in [5.41, 5.74) is 7.11. The summed E-state index contributed by atoms with van der Waals surface area (Å²) in [7, 11) is 0. The number of carbonyl (C=O) groups is 2. The number of carbonyl (C=O) groups excluding carboxylic acids is 2. The summed E-state index contributed by atoms with van der Waals surface area (Å²) in [5, 5.41) is 9.26. The molecular formula is C16H24N4O3S. The van der Waals surface area contributed by atoms with Crippen LogP contribution in [0.5, 0.6) is 0 Å². The van der Waals surface area contributed by atoms with E-state index in [1.807, 2.05) is 6.92 Å². The normalized spacial score (nSPS) is 11.8. The molecule has 24 heavy (non-hydrogen) atoms. The molecule has 1 aromatic rings. The number of thioether (sulfide) groups is 1. The largest absolute Gasteiger partial charge is 0.396 e. The number of rotatable bonds is 9. The maximum absolute atomic E-state index is 11.9. The van der Waals surface area contributed by atoms with Crippen LogP contribution in [0.1, 0.15) is 44.5 Å². The lowest BCUT2D eigenvalue weighted by molar-refractivity contribution is -0.117. The van der Waals surface area contributed by atoms with Gasteiger partial charge in [-0.15, -0.1) is 0 Å². The third kappa shape index (κ3) is 5.93. The molecule has 3 N–H and O–H groups in total. The molecule has 0 aromatic carbocycles. The van der Waals surface area contributed by atoms with Crippen molar-refractivity contribution in [2.75, 3.05) is 12.3 Å². The van der Waals surface area contributed by atoms with Crippen LogP contribution in [-0.4, -0.2) is 38.1 Å². The van der Waals surface area contributed by atoms with Crippen molar-refractivity contribution in [3.63, 3.8) is 0 Å². The number of amides is 1. The molecule has 8 heteroatoms. The van der Waals surface area contributed by atoms with Gasteiger partial charge in [-0.25, -0.2) is 9.97 Å². The van der Waals surface area contributed by atoms with Gasteiger partial charge in [0, 0.05) is 41.8 Å². The molecule has 0 fully saturated rings. The maximum atomic E-state index is 11.9. The third-order valence-electron chi connectivity index (χ3n) is 3.35. The number of nitrogens with two attached hydrogens (primary N) is 1. The third-order valence-corrected chi connectivity index (χ3v) is 4.53. The zero-order valence-electron chi connectivity index (χ0n) is 14.3. The first-order chi connectivity index (χ1) is 11.4. The number of aryl methyl sites for hydroxylation is 1.